The zero-order valence-corrected chi connectivity index (χ0v) is 50.7. The minimum absolute atomic E-state index is 0.0700. The van der Waals surface area contributed by atoms with Crippen molar-refractivity contribution in [3.63, 3.8) is 0 Å². The molecule has 0 heterocycles. The third-order valence-electron chi connectivity index (χ3n) is 16.1. The van der Waals surface area contributed by atoms with E-state index in [4.69, 9.17) is 0 Å². The molecule has 1 fully saturated rings. The van der Waals surface area contributed by atoms with E-state index in [1.807, 2.05) is 63.3 Å². The van der Waals surface area contributed by atoms with Crippen LogP contribution < -0.4 is 0 Å². The molecule has 3 aliphatic carbocycles. The lowest BCUT2D eigenvalue weighted by Crippen LogP contribution is -2.56. The monoisotopic (exact) mass is 1020 g/mol. The number of carbonyl (C=O) groups is 3. The summed E-state index contributed by atoms with van der Waals surface area (Å²) in [6, 6.07) is 7.50. The molecule has 1 aromatic rings. The zero-order valence-electron chi connectivity index (χ0n) is 50.7. The van der Waals surface area contributed by atoms with Crippen LogP contribution in [0.3, 0.4) is 0 Å². The molecule has 1 saturated carbocycles. The van der Waals surface area contributed by atoms with Crippen LogP contribution in [0.4, 0.5) is 0 Å². The van der Waals surface area contributed by atoms with Crippen LogP contribution in [0.15, 0.2) is 166 Å². The van der Waals surface area contributed by atoms with Crippen molar-refractivity contribution in [3.8, 4) is 0 Å². The van der Waals surface area contributed by atoms with Gasteiger partial charge in [0.05, 0.1) is 10.8 Å². The van der Waals surface area contributed by atoms with Gasteiger partial charge in [-0.15, -0.1) is 0 Å². The third kappa shape index (κ3) is 19.9. The minimum Gasteiger partial charge on any atom is -0.294 e. The van der Waals surface area contributed by atoms with Crippen LogP contribution in [0.1, 0.15) is 241 Å². The van der Waals surface area contributed by atoms with E-state index in [-0.39, 0.29) is 35.1 Å². The molecular weight excluding hydrogens is 913 g/mol. The summed E-state index contributed by atoms with van der Waals surface area (Å²) < 4.78 is 0. The molecule has 0 saturated heterocycles. The van der Waals surface area contributed by atoms with E-state index in [9.17, 15) is 14.4 Å². The summed E-state index contributed by atoms with van der Waals surface area (Å²) in [6.45, 7) is 38.1. The van der Waals surface area contributed by atoms with Gasteiger partial charge in [0.25, 0.3) is 0 Å². The van der Waals surface area contributed by atoms with Gasteiger partial charge in [-0.25, -0.2) is 0 Å². The van der Waals surface area contributed by atoms with Crippen LogP contribution in [0.25, 0.3) is 0 Å². The van der Waals surface area contributed by atoms with E-state index in [0.29, 0.717) is 23.5 Å². The maximum Gasteiger partial charge on any atom is 0.171 e. The van der Waals surface area contributed by atoms with Crippen LogP contribution in [-0.4, -0.2) is 17.3 Å². The number of Topliss-reactive ketones (excluding diaryl/α,β-unsaturated/α-hetero) is 3. The quantitative estimate of drug-likeness (QED) is 0.0477. The summed E-state index contributed by atoms with van der Waals surface area (Å²) >= 11 is 0. The fourth-order valence-corrected chi connectivity index (χ4v) is 11.5. The number of ketones is 3. The zero-order chi connectivity index (χ0) is 56.1. The van der Waals surface area contributed by atoms with E-state index in [0.717, 1.165) is 94.6 Å². The number of carbonyl (C=O) groups excluding carboxylic acids is 3. The summed E-state index contributed by atoms with van der Waals surface area (Å²) in [7, 11) is 0. The van der Waals surface area contributed by atoms with Gasteiger partial charge in [-0.3, -0.25) is 14.4 Å². The molecule has 4 rings (SSSR count). The number of rotatable bonds is 28. The fourth-order valence-electron chi connectivity index (χ4n) is 11.5. The molecule has 6 atom stereocenters. The molecule has 2 bridgehead atoms. The Morgan fingerprint density at radius 1 is 0.613 bits per heavy atom. The van der Waals surface area contributed by atoms with Crippen molar-refractivity contribution in [2.45, 2.75) is 220 Å². The first-order valence-electron chi connectivity index (χ1n) is 29.3. The Balaban J connectivity index is 0.000000733. The molecule has 0 spiro atoms. The SMILES string of the molecule is C=C/C=C\C(C(=O)C(CC)C(/C=C\C)CC)=C(C)C.CC(C)=CCC/C(C)=C/CC/C(C)=C/CC/C(C)=C/CC/C(C)=C/CC/C(C)=C/CC/C(C)=C/CC12C(=O)c3ccccc3C(=O)C1(C)C1C=CC2C1.CCC. The Labute approximate surface area is 461 Å². The number of fused-ring (bicyclic) bond motifs is 6. The maximum atomic E-state index is 14.2. The molecule has 0 N–H and O–H groups in total. The average molecular weight is 1020 g/mol. The van der Waals surface area contributed by atoms with Crippen LogP contribution >= 0.6 is 0 Å². The smallest absolute Gasteiger partial charge is 0.171 e. The van der Waals surface area contributed by atoms with Gasteiger partial charge in [-0.1, -0.05) is 202 Å². The lowest BCUT2D eigenvalue weighted by atomic mass is 9.49. The van der Waals surface area contributed by atoms with Crippen molar-refractivity contribution in [2.24, 2.45) is 34.5 Å². The van der Waals surface area contributed by atoms with Crippen LogP contribution in [0, 0.1) is 34.5 Å². The Morgan fingerprint density at radius 2 is 1.03 bits per heavy atom. The van der Waals surface area contributed by atoms with Crippen molar-refractivity contribution in [1.29, 1.82) is 0 Å². The largest absolute Gasteiger partial charge is 0.294 e. The van der Waals surface area contributed by atoms with Crippen LogP contribution in [-0.2, 0) is 4.79 Å². The Hall–Kier alpha value is -4.89. The van der Waals surface area contributed by atoms with Gasteiger partial charge in [0.2, 0.25) is 0 Å². The summed E-state index contributed by atoms with van der Waals surface area (Å²) in [5.74, 6) is 1.27. The molecule has 0 amide bonds. The lowest BCUT2D eigenvalue weighted by Gasteiger charge is -2.50. The molecule has 75 heavy (non-hydrogen) atoms. The van der Waals surface area contributed by atoms with Crippen molar-refractivity contribution < 1.29 is 14.4 Å². The first kappa shape index (κ1) is 66.2. The molecule has 412 valence electrons. The first-order chi connectivity index (χ1) is 35.7. The van der Waals surface area contributed by atoms with Crippen LogP contribution in [0.5, 0.6) is 0 Å². The normalized spacial score (nSPS) is 21.5. The number of hydrogen-bond donors (Lipinski definition) is 0. The maximum absolute atomic E-state index is 14.2. The second-order valence-electron chi connectivity index (χ2n) is 22.9. The highest BCUT2D eigenvalue weighted by atomic mass is 16.1. The second kappa shape index (κ2) is 34.7. The standard InChI is InChI=1S/C51H70O2.C18H28O.C3H8/c1-37(2)18-12-19-38(3)20-13-21-39(4)22-14-23-40(5)24-15-25-41(6)26-16-27-42(7)28-17-29-43(8)34-35-51-45-33-32-44(36-45)50(51,9)48(52)46-30-10-11-31-47(46)49(51)53;1-7-11-13-17(14(5)6)18(19)16(10-4)15(9-3)12-8-2;1-3-2/h10-11,18,20,22,24,26,28,30-34,44-45H,12-17,19,21,23,25,27,29,35-36H2,1-9H3;7-8,11-13,15-16H,1,9-10H2,2-6H3;3H2,1-2H3/b38-20+,39-22+,40-24+,41-26+,42-28+,43-34+;12-8-,13-11-;. The van der Waals surface area contributed by atoms with Gasteiger partial charge in [0, 0.05) is 22.6 Å². The van der Waals surface area contributed by atoms with E-state index in [2.05, 4.69) is 157 Å². The second-order valence-corrected chi connectivity index (χ2v) is 22.9. The summed E-state index contributed by atoms with van der Waals surface area (Å²) in [4.78, 5) is 40.9. The molecule has 0 aliphatic heterocycles. The van der Waals surface area contributed by atoms with Crippen molar-refractivity contribution in [2.75, 3.05) is 0 Å². The van der Waals surface area contributed by atoms with Crippen molar-refractivity contribution in [3.05, 3.63) is 177 Å². The molecule has 3 heteroatoms. The molecule has 0 radical (unpaired) electrons. The predicted molar refractivity (Wildman–Crippen MR) is 329 cm³/mol. The summed E-state index contributed by atoms with van der Waals surface area (Å²) in [5.41, 5.74) is 12.0. The summed E-state index contributed by atoms with van der Waals surface area (Å²) in [5, 5.41) is 0. The van der Waals surface area contributed by atoms with Crippen LogP contribution in [0.2, 0.25) is 0 Å². The van der Waals surface area contributed by atoms with E-state index >= 15 is 0 Å². The topological polar surface area (TPSA) is 51.2 Å². The van der Waals surface area contributed by atoms with Gasteiger partial charge >= 0.3 is 0 Å². The molecule has 3 aliphatic rings. The third-order valence-corrected chi connectivity index (χ3v) is 16.1. The van der Waals surface area contributed by atoms with Crippen molar-refractivity contribution in [1.82, 2.24) is 0 Å². The van der Waals surface area contributed by atoms with Gasteiger partial charge < -0.3 is 0 Å². The average Bonchev–Trinajstić information content (AvgIpc) is 3.96. The predicted octanol–water partition coefficient (Wildman–Crippen LogP) is 21.7. The van der Waals surface area contributed by atoms with Gasteiger partial charge in [-0.05, 0) is 197 Å². The minimum atomic E-state index is -0.665. The molecule has 1 aromatic carbocycles. The fraction of sp³-hybridized carbons (Fsp3) is 0.542. The van der Waals surface area contributed by atoms with Gasteiger partial charge in [0.15, 0.2) is 17.3 Å². The highest BCUT2D eigenvalue weighted by molar-refractivity contribution is 6.20. The Kier molecular flexibility index (Phi) is 30.6. The Morgan fingerprint density at radius 3 is 1.41 bits per heavy atom. The highest BCUT2D eigenvalue weighted by Gasteiger charge is 2.71. The lowest BCUT2D eigenvalue weighted by molar-refractivity contribution is -0.120. The van der Waals surface area contributed by atoms with E-state index < -0.39 is 10.8 Å². The Bertz CT molecular complexity index is 2360. The first-order valence-corrected chi connectivity index (χ1v) is 29.3. The number of allylic oxidation sites excluding steroid dienone is 23. The molecule has 3 nitrogen and oxygen atoms in total. The van der Waals surface area contributed by atoms with Crippen molar-refractivity contribution >= 4 is 17.3 Å². The summed E-state index contributed by atoms with van der Waals surface area (Å²) in [6.07, 6.45) is 48.9. The van der Waals surface area contributed by atoms with Gasteiger partial charge in [-0.2, -0.15) is 0 Å². The molecular formula is C72H106O3. The van der Waals surface area contributed by atoms with E-state index in [1.165, 1.54) is 58.3 Å². The molecule has 6 unspecified atom stereocenters. The number of hydrogen-bond acceptors (Lipinski definition) is 3. The van der Waals surface area contributed by atoms with E-state index in [1.54, 1.807) is 6.08 Å². The molecule has 0 aromatic heterocycles. The van der Waals surface area contributed by atoms with Gasteiger partial charge in [0.1, 0.15) is 0 Å². The number of benzene rings is 1. The highest BCUT2D eigenvalue weighted by Crippen LogP contribution is 2.69.